The second-order valence-electron chi connectivity index (χ2n) is 6.34. The van der Waals surface area contributed by atoms with E-state index < -0.39 is 0 Å². The van der Waals surface area contributed by atoms with Crippen LogP contribution in [0, 0.1) is 5.82 Å². The number of halogens is 1. The zero-order valence-corrected chi connectivity index (χ0v) is 16.7. The Labute approximate surface area is 167 Å². The van der Waals surface area contributed by atoms with Gasteiger partial charge in [-0.3, -0.25) is 0 Å². The van der Waals surface area contributed by atoms with Crippen molar-refractivity contribution in [1.82, 2.24) is 10.6 Å². The predicted molar refractivity (Wildman–Crippen MR) is 111 cm³/mol. The van der Waals surface area contributed by atoms with Crippen LogP contribution in [0.15, 0.2) is 53.5 Å². The fourth-order valence-electron chi connectivity index (χ4n) is 2.66. The van der Waals surface area contributed by atoms with Crippen molar-refractivity contribution in [3.05, 3.63) is 65.5 Å². The van der Waals surface area contributed by atoms with Crippen molar-refractivity contribution < 1.29 is 13.9 Å². The molecule has 0 fully saturated rings. The van der Waals surface area contributed by atoms with Gasteiger partial charge in [-0.15, -0.1) is 0 Å². The molecule has 28 heavy (non-hydrogen) atoms. The summed E-state index contributed by atoms with van der Waals surface area (Å²) in [4.78, 5) is 4.63. The molecule has 0 aliphatic heterocycles. The van der Waals surface area contributed by atoms with E-state index in [0.717, 1.165) is 42.2 Å². The Morgan fingerprint density at radius 3 is 2.64 bits per heavy atom. The summed E-state index contributed by atoms with van der Waals surface area (Å²) in [5.74, 6) is 1.38. The van der Waals surface area contributed by atoms with E-state index in [1.807, 2.05) is 37.3 Å². The minimum absolute atomic E-state index is 0.206. The average molecular weight is 387 g/mol. The maximum absolute atomic E-state index is 13.3. The Morgan fingerprint density at radius 1 is 1.04 bits per heavy atom. The van der Waals surface area contributed by atoms with E-state index in [1.165, 1.54) is 6.07 Å². The minimum Gasteiger partial charge on any atom is -0.493 e. The standard InChI is InChI=1S/C22H30FN3O2/c1-3-24-22(25-12-11-18-7-4-9-20(23)15-18)26-17-19-8-5-10-21(16-19)28-14-6-13-27-2/h4-5,7-10,15-16H,3,6,11-14,17H2,1-2H3,(H2,24,25,26). The van der Waals surface area contributed by atoms with Gasteiger partial charge in [-0.1, -0.05) is 24.3 Å². The summed E-state index contributed by atoms with van der Waals surface area (Å²) in [5, 5.41) is 6.53. The summed E-state index contributed by atoms with van der Waals surface area (Å²) in [5.41, 5.74) is 2.04. The molecule has 5 nitrogen and oxygen atoms in total. The number of benzene rings is 2. The van der Waals surface area contributed by atoms with E-state index in [0.29, 0.717) is 26.3 Å². The van der Waals surface area contributed by atoms with Gasteiger partial charge in [-0.05, 0) is 48.7 Å². The van der Waals surface area contributed by atoms with Gasteiger partial charge in [0, 0.05) is 33.2 Å². The SMILES string of the molecule is CCNC(=NCc1cccc(OCCCOC)c1)NCCc1cccc(F)c1. The fraction of sp³-hybridized carbons (Fsp3) is 0.409. The van der Waals surface area contributed by atoms with Crippen molar-refractivity contribution in [1.29, 1.82) is 0 Å². The Balaban J connectivity index is 1.85. The van der Waals surface area contributed by atoms with Crippen LogP contribution in [-0.4, -0.2) is 39.4 Å². The molecule has 0 atom stereocenters. The second-order valence-corrected chi connectivity index (χ2v) is 6.34. The van der Waals surface area contributed by atoms with Gasteiger partial charge in [0.2, 0.25) is 0 Å². The first-order valence-corrected chi connectivity index (χ1v) is 9.68. The first-order valence-electron chi connectivity index (χ1n) is 9.68. The topological polar surface area (TPSA) is 54.9 Å². The highest BCUT2D eigenvalue weighted by Gasteiger charge is 2.01. The third kappa shape index (κ3) is 8.39. The fourth-order valence-corrected chi connectivity index (χ4v) is 2.66. The van der Waals surface area contributed by atoms with Crippen molar-refractivity contribution in [2.24, 2.45) is 4.99 Å². The van der Waals surface area contributed by atoms with Crippen LogP contribution < -0.4 is 15.4 Å². The van der Waals surface area contributed by atoms with Gasteiger partial charge in [0.25, 0.3) is 0 Å². The Kier molecular flexibility index (Phi) is 9.86. The molecule has 0 saturated carbocycles. The number of aliphatic imine (C=N–C) groups is 1. The quantitative estimate of drug-likeness (QED) is 0.352. The minimum atomic E-state index is -0.206. The maximum atomic E-state index is 13.3. The number of ether oxygens (including phenoxy) is 2. The van der Waals surface area contributed by atoms with Crippen molar-refractivity contribution in [2.45, 2.75) is 26.3 Å². The molecule has 0 bridgehead atoms. The second kappa shape index (κ2) is 12.7. The normalized spacial score (nSPS) is 11.3. The number of methoxy groups -OCH3 is 1. The summed E-state index contributed by atoms with van der Waals surface area (Å²) < 4.78 is 24.0. The third-order valence-corrected chi connectivity index (χ3v) is 4.02. The number of nitrogens with zero attached hydrogens (tertiary/aromatic N) is 1. The molecular weight excluding hydrogens is 357 g/mol. The van der Waals surface area contributed by atoms with Crippen molar-refractivity contribution in [3.63, 3.8) is 0 Å². The summed E-state index contributed by atoms with van der Waals surface area (Å²) in [7, 11) is 1.69. The molecule has 2 aromatic carbocycles. The number of nitrogens with one attached hydrogen (secondary N) is 2. The molecule has 2 rings (SSSR count). The number of hydrogen-bond acceptors (Lipinski definition) is 3. The molecule has 0 spiro atoms. The molecule has 0 aliphatic carbocycles. The van der Waals surface area contributed by atoms with E-state index in [4.69, 9.17) is 9.47 Å². The van der Waals surface area contributed by atoms with Crippen molar-refractivity contribution in [3.8, 4) is 5.75 Å². The van der Waals surface area contributed by atoms with Gasteiger partial charge in [0.15, 0.2) is 5.96 Å². The number of guanidine groups is 1. The van der Waals surface area contributed by atoms with Crippen LogP contribution in [0.5, 0.6) is 5.75 Å². The molecule has 0 aliphatic rings. The molecule has 0 saturated heterocycles. The van der Waals surface area contributed by atoms with E-state index in [1.54, 1.807) is 19.2 Å². The smallest absolute Gasteiger partial charge is 0.191 e. The molecule has 152 valence electrons. The summed E-state index contributed by atoms with van der Waals surface area (Å²) in [6.45, 7) is 5.34. The van der Waals surface area contributed by atoms with Gasteiger partial charge >= 0.3 is 0 Å². The van der Waals surface area contributed by atoms with Crippen LogP contribution in [-0.2, 0) is 17.7 Å². The van der Waals surface area contributed by atoms with Crippen LogP contribution in [0.3, 0.4) is 0 Å². The van der Waals surface area contributed by atoms with Gasteiger partial charge in [0.05, 0.1) is 13.2 Å². The van der Waals surface area contributed by atoms with Gasteiger partial charge < -0.3 is 20.1 Å². The highest BCUT2D eigenvalue weighted by molar-refractivity contribution is 5.79. The van der Waals surface area contributed by atoms with Crippen LogP contribution in [0.1, 0.15) is 24.5 Å². The molecule has 2 aromatic rings. The summed E-state index contributed by atoms with van der Waals surface area (Å²) in [6, 6.07) is 14.6. The molecular formula is C22H30FN3O2. The number of rotatable bonds is 11. The molecule has 2 N–H and O–H groups in total. The van der Waals surface area contributed by atoms with Crippen molar-refractivity contribution >= 4 is 5.96 Å². The molecule has 0 aromatic heterocycles. The van der Waals surface area contributed by atoms with E-state index in [2.05, 4.69) is 15.6 Å². The summed E-state index contributed by atoms with van der Waals surface area (Å²) in [6.07, 6.45) is 1.59. The summed E-state index contributed by atoms with van der Waals surface area (Å²) >= 11 is 0. The lowest BCUT2D eigenvalue weighted by atomic mass is 10.1. The number of hydrogen-bond donors (Lipinski definition) is 2. The van der Waals surface area contributed by atoms with Crippen LogP contribution >= 0.6 is 0 Å². The largest absolute Gasteiger partial charge is 0.493 e. The highest BCUT2D eigenvalue weighted by Crippen LogP contribution is 2.14. The average Bonchev–Trinajstić information content (AvgIpc) is 2.70. The molecule has 6 heteroatoms. The van der Waals surface area contributed by atoms with Gasteiger partial charge in [-0.25, -0.2) is 9.38 Å². The maximum Gasteiger partial charge on any atom is 0.191 e. The van der Waals surface area contributed by atoms with Gasteiger partial charge in [-0.2, -0.15) is 0 Å². The van der Waals surface area contributed by atoms with Crippen LogP contribution in [0.4, 0.5) is 4.39 Å². The highest BCUT2D eigenvalue weighted by atomic mass is 19.1. The van der Waals surface area contributed by atoms with Crippen molar-refractivity contribution in [2.75, 3.05) is 33.4 Å². The van der Waals surface area contributed by atoms with Gasteiger partial charge in [0.1, 0.15) is 11.6 Å². The first-order chi connectivity index (χ1) is 13.7. The Hall–Kier alpha value is -2.60. The van der Waals surface area contributed by atoms with Crippen LogP contribution in [0.25, 0.3) is 0 Å². The lowest BCUT2D eigenvalue weighted by Gasteiger charge is -2.12. The first kappa shape index (κ1) is 21.7. The Bertz CT molecular complexity index is 737. The lowest BCUT2D eigenvalue weighted by molar-refractivity contribution is 0.172. The third-order valence-electron chi connectivity index (χ3n) is 4.02. The van der Waals surface area contributed by atoms with E-state index in [-0.39, 0.29) is 5.82 Å². The monoisotopic (exact) mass is 387 g/mol. The molecule has 0 amide bonds. The van der Waals surface area contributed by atoms with Crippen LogP contribution in [0.2, 0.25) is 0 Å². The molecule has 0 unspecified atom stereocenters. The molecule has 0 radical (unpaired) electrons. The lowest BCUT2D eigenvalue weighted by Crippen LogP contribution is -2.38. The van der Waals surface area contributed by atoms with E-state index in [9.17, 15) is 4.39 Å². The Morgan fingerprint density at radius 2 is 1.86 bits per heavy atom. The zero-order valence-electron chi connectivity index (χ0n) is 16.7. The predicted octanol–water partition coefficient (Wildman–Crippen LogP) is 3.54. The molecule has 0 heterocycles. The zero-order chi connectivity index (χ0) is 20.0. The van der Waals surface area contributed by atoms with E-state index >= 15 is 0 Å².